The van der Waals surface area contributed by atoms with Crippen molar-refractivity contribution in [3.63, 3.8) is 0 Å². The Kier molecular flexibility index (Phi) is 3.36. The predicted octanol–water partition coefficient (Wildman–Crippen LogP) is 3.59. The molecule has 1 N–H and O–H groups in total. The molecule has 0 aliphatic heterocycles. The van der Waals surface area contributed by atoms with E-state index in [0.717, 1.165) is 29.5 Å². The first-order chi connectivity index (χ1) is 9.29. The molecular formula is C15H16N2OS. The number of nitrogens with zero attached hydrogens (tertiary/aromatic N) is 2. The molecule has 0 radical (unpaired) electrons. The Labute approximate surface area is 116 Å². The highest BCUT2D eigenvalue weighted by atomic mass is 32.1. The fourth-order valence-corrected chi connectivity index (χ4v) is 3.24. The maximum absolute atomic E-state index is 10.5. The largest absolute Gasteiger partial charge is 0.383 e. The number of hydrogen-bond donors (Lipinski definition) is 1. The molecular weight excluding hydrogens is 256 g/mol. The summed E-state index contributed by atoms with van der Waals surface area (Å²) in [6.45, 7) is 3.00. The van der Waals surface area contributed by atoms with Crippen molar-refractivity contribution in [3.05, 3.63) is 53.2 Å². The first-order valence-electron chi connectivity index (χ1n) is 6.46. The second-order valence-corrected chi connectivity index (χ2v) is 5.54. The third kappa shape index (κ3) is 2.29. The zero-order valence-electron chi connectivity index (χ0n) is 10.8. The average molecular weight is 272 g/mol. The topological polar surface area (TPSA) is 38.0 Å². The van der Waals surface area contributed by atoms with Gasteiger partial charge in [-0.3, -0.25) is 4.68 Å². The average Bonchev–Trinajstić information content (AvgIpc) is 3.05. The van der Waals surface area contributed by atoms with Crippen molar-refractivity contribution in [1.29, 1.82) is 0 Å². The number of fused-ring (bicyclic) bond motifs is 1. The lowest BCUT2D eigenvalue weighted by molar-refractivity contribution is 0.222. The summed E-state index contributed by atoms with van der Waals surface area (Å²) in [6.07, 6.45) is 4.13. The van der Waals surface area contributed by atoms with Gasteiger partial charge in [0, 0.05) is 28.6 Å². The molecule has 0 amide bonds. The molecule has 0 aliphatic rings. The van der Waals surface area contributed by atoms with E-state index in [1.807, 2.05) is 28.4 Å². The molecule has 0 saturated heterocycles. The molecule has 1 aromatic carbocycles. The number of aromatic nitrogens is 2. The van der Waals surface area contributed by atoms with Crippen molar-refractivity contribution in [2.75, 3.05) is 0 Å². The van der Waals surface area contributed by atoms with Crippen LogP contribution in [0.15, 0.2) is 42.0 Å². The van der Waals surface area contributed by atoms with Crippen LogP contribution in [0, 0.1) is 0 Å². The van der Waals surface area contributed by atoms with E-state index >= 15 is 0 Å². The lowest BCUT2D eigenvalue weighted by Gasteiger charge is -2.07. The van der Waals surface area contributed by atoms with Gasteiger partial charge in [-0.15, -0.1) is 11.3 Å². The van der Waals surface area contributed by atoms with Gasteiger partial charge in [0.2, 0.25) is 0 Å². The molecule has 2 aromatic heterocycles. The SMILES string of the molecule is CCCn1cc(C(O)c2csc3ccccc23)cn1. The maximum Gasteiger partial charge on any atom is 0.108 e. The van der Waals surface area contributed by atoms with Crippen molar-refractivity contribution < 1.29 is 5.11 Å². The predicted molar refractivity (Wildman–Crippen MR) is 78.4 cm³/mol. The second-order valence-electron chi connectivity index (χ2n) is 4.63. The van der Waals surface area contributed by atoms with Crippen molar-refractivity contribution >= 4 is 21.4 Å². The number of aryl methyl sites for hydroxylation is 1. The Morgan fingerprint density at radius 3 is 3.05 bits per heavy atom. The van der Waals surface area contributed by atoms with Gasteiger partial charge in [0.15, 0.2) is 0 Å². The summed E-state index contributed by atoms with van der Waals surface area (Å²) in [4.78, 5) is 0. The van der Waals surface area contributed by atoms with E-state index in [-0.39, 0.29) is 0 Å². The van der Waals surface area contributed by atoms with Crippen LogP contribution in [0.4, 0.5) is 0 Å². The van der Waals surface area contributed by atoms with Crippen LogP contribution in [-0.2, 0) is 6.54 Å². The minimum Gasteiger partial charge on any atom is -0.383 e. The molecule has 1 atom stereocenters. The first kappa shape index (κ1) is 12.4. The summed E-state index contributed by atoms with van der Waals surface area (Å²) in [5.74, 6) is 0. The lowest BCUT2D eigenvalue weighted by atomic mass is 10.0. The summed E-state index contributed by atoms with van der Waals surface area (Å²) in [5.41, 5.74) is 1.83. The van der Waals surface area contributed by atoms with Crippen LogP contribution in [0.25, 0.3) is 10.1 Å². The van der Waals surface area contributed by atoms with E-state index in [9.17, 15) is 5.11 Å². The van der Waals surface area contributed by atoms with Crippen LogP contribution in [0.1, 0.15) is 30.6 Å². The molecule has 98 valence electrons. The second kappa shape index (κ2) is 5.15. The van der Waals surface area contributed by atoms with Gasteiger partial charge >= 0.3 is 0 Å². The summed E-state index contributed by atoms with van der Waals surface area (Å²) in [7, 11) is 0. The monoisotopic (exact) mass is 272 g/mol. The normalized spacial score (nSPS) is 12.9. The van der Waals surface area contributed by atoms with Gasteiger partial charge in [-0.25, -0.2) is 0 Å². The zero-order chi connectivity index (χ0) is 13.2. The Morgan fingerprint density at radius 1 is 1.37 bits per heavy atom. The molecule has 19 heavy (non-hydrogen) atoms. The van der Waals surface area contributed by atoms with Crippen molar-refractivity contribution in [1.82, 2.24) is 9.78 Å². The number of thiophene rings is 1. The standard InChI is InChI=1S/C15H16N2OS/c1-2-7-17-9-11(8-16-17)15(18)13-10-19-14-6-4-3-5-12(13)14/h3-6,8-10,15,18H,2,7H2,1H3. The van der Waals surface area contributed by atoms with Gasteiger partial charge in [-0.1, -0.05) is 25.1 Å². The van der Waals surface area contributed by atoms with Gasteiger partial charge < -0.3 is 5.11 Å². The van der Waals surface area contributed by atoms with Crippen molar-refractivity contribution in [2.45, 2.75) is 26.0 Å². The molecule has 4 heteroatoms. The minimum atomic E-state index is -0.596. The number of aliphatic hydroxyl groups excluding tert-OH is 1. The summed E-state index contributed by atoms with van der Waals surface area (Å²) in [6, 6.07) is 8.16. The quantitative estimate of drug-likeness (QED) is 0.788. The number of rotatable bonds is 4. The molecule has 0 saturated carbocycles. The van der Waals surface area contributed by atoms with Crippen LogP contribution >= 0.6 is 11.3 Å². The highest BCUT2D eigenvalue weighted by molar-refractivity contribution is 7.17. The Balaban J connectivity index is 1.96. The van der Waals surface area contributed by atoms with E-state index in [1.165, 1.54) is 4.70 Å². The van der Waals surface area contributed by atoms with E-state index < -0.39 is 6.10 Å². The van der Waals surface area contributed by atoms with Crippen LogP contribution < -0.4 is 0 Å². The number of benzene rings is 1. The van der Waals surface area contributed by atoms with E-state index in [0.29, 0.717) is 0 Å². The molecule has 3 nitrogen and oxygen atoms in total. The first-order valence-corrected chi connectivity index (χ1v) is 7.34. The molecule has 0 bridgehead atoms. The van der Waals surface area contributed by atoms with Gasteiger partial charge in [-0.05, 0) is 23.3 Å². The van der Waals surface area contributed by atoms with Crippen LogP contribution in [0.5, 0.6) is 0 Å². The molecule has 1 unspecified atom stereocenters. The Bertz CT molecular complexity index is 686. The zero-order valence-corrected chi connectivity index (χ0v) is 11.6. The highest BCUT2D eigenvalue weighted by Gasteiger charge is 2.16. The molecule has 2 heterocycles. The Hall–Kier alpha value is -1.65. The minimum absolute atomic E-state index is 0.596. The van der Waals surface area contributed by atoms with Gasteiger partial charge in [0.1, 0.15) is 6.10 Å². The van der Waals surface area contributed by atoms with Crippen LogP contribution in [0.3, 0.4) is 0 Å². The fraction of sp³-hybridized carbons (Fsp3) is 0.267. The molecule has 0 spiro atoms. The van der Waals surface area contributed by atoms with Crippen molar-refractivity contribution in [3.8, 4) is 0 Å². The third-order valence-corrected chi connectivity index (χ3v) is 4.21. The van der Waals surface area contributed by atoms with Crippen LogP contribution in [-0.4, -0.2) is 14.9 Å². The van der Waals surface area contributed by atoms with E-state index in [2.05, 4.69) is 24.2 Å². The fourth-order valence-electron chi connectivity index (χ4n) is 2.26. The van der Waals surface area contributed by atoms with E-state index in [1.54, 1.807) is 17.5 Å². The smallest absolute Gasteiger partial charge is 0.108 e. The molecule has 0 aliphatic carbocycles. The summed E-state index contributed by atoms with van der Waals surface area (Å²) in [5, 5.41) is 18.0. The Morgan fingerprint density at radius 2 is 2.21 bits per heavy atom. The summed E-state index contributed by atoms with van der Waals surface area (Å²) >= 11 is 1.67. The van der Waals surface area contributed by atoms with E-state index in [4.69, 9.17) is 0 Å². The lowest BCUT2D eigenvalue weighted by Crippen LogP contribution is -1.98. The third-order valence-electron chi connectivity index (χ3n) is 3.23. The molecule has 0 fully saturated rings. The van der Waals surface area contributed by atoms with Gasteiger partial charge in [0.05, 0.1) is 6.20 Å². The maximum atomic E-state index is 10.5. The number of aliphatic hydroxyl groups is 1. The summed E-state index contributed by atoms with van der Waals surface area (Å²) < 4.78 is 3.09. The van der Waals surface area contributed by atoms with Crippen molar-refractivity contribution in [2.24, 2.45) is 0 Å². The van der Waals surface area contributed by atoms with Gasteiger partial charge in [0.25, 0.3) is 0 Å². The number of hydrogen-bond acceptors (Lipinski definition) is 3. The van der Waals surface area contributed by atoms with Gasteiger partial charge in [-0.2, -0.15) is 5.10 Å². The highest BCUT2D eigenvalue weighted by Crippen LogP contribution is 2.33. The molecule has 3 aromatic rings. The molecule has 3 rings (SSSR count). The van der Waals surface area contributed by atoms with Crippen LogP contribution in [0.2, 0.25) is 0 Å².